The second-order valence-electron chi connectivity index (χ2n) is 7.27. The van der Waals surface area contributed by atoms with Crippen molar-refractivity contribution >= 4 is 34.9 Å². The van der Waals surface area contributed by atoms with Gasteiger partial charge < -0.3 is 15.1 Å². The maximum absolute atomic E-state index is 12.6. The van der Waals surface area contributed by atoms with Crippen LogP contribution in [0.4, 0.5) is 16.2 Å². The molecule has 2 bridgehead atoms. The van der Waals surface area contributed by atoms with Crippen molar-refractivity contribution in [3.63, 3.8) is 0 Å². The molecule has 1 aromatic rings. The highest BCUT2D eigenvalue weighted by molar-refractivity contribution is 6.34. The van der Waals surface area contributed by atoms with E-state index in [0.29, 0.717) is 47.4 Å². The summed E-state index contributed by atoms with van der Waals surface area (Å²) in [6, 6.07) is 6.07. The number of amides is 3. The van der Waals surface area contributed by atoms with Crippen LogP contribution in [0.15, 0.2) is 18.2 Å². The predicted octanol–water partition coefficient (Wildman–Crippen LogP) is 3.87. The SMILES string of the molecule is CC1CC2CC(C1)N2C(=O)Nc1ccc(Cl)c(N2CCCC2=O)c1. The summed E-state index contributed by atoms with van der Waals surface area (Å²) in [5.74, 6) is 0.799. The highest BCUT2D eigenvalue weighted by Gasteiger charge is 2.46. The van der Waals surface area contributed by atoms with Crippen LogP contribution < -0.4 is 10.2 Å². The number of anilines is 2. The third-order valence-electron chi connectivity index (χ3n) is 5.48. The zero-order chi connectivity index (χ0) is 16.8. The van der Waals surface area contributed by atoms with Crippen LogP contribution >= 0.6 is 11.6 Å². The third-order valence-corrected chi connectivity index (χ3v) is 5.80. The van der Waals surface area contributed by atoms with Gasteiger partial charge in [0.15, 0.2) is 0 Å². The van der Waals surface area contributed by atoms with Crippen molar-refractivity contribution in [3.8, 4) is 0 Å². The number of hydrogen-bond acceptors (Lipinski definition) is 2. The van der Waals surface area contributed by atoms with Crippen LogP contribution in [-0.4, -0.2) is 35.5 Å². The molecule has 4 fully saturated rings. The highest BCUT2D eigenvalue weighted by Crippen LogP contribution is 2.41. The van der Waals surface area contributed by atoms with E-state index in [0.717, 1.165) is 25.7 Å². The zero-order valence-electron chi connectivity index (χ0n) is 13.8. The first-order valence-corrected chi connectivity index (χ1v) is 9.10. The number of hydrogen-bond donors (Lipinski definition) is 1. The van der Waals surface area contributed by atoms with E-state index >= 15 is 0 Å². The Bertz CT molecular complexity index is 681. The largest absolute Gasteiger partial charge is 0.322 e. The average molecular weight is 348 g/mol. The summed E-state index contributed by atoms with van der Waals surface area (Å²) in [4.78, 5) is 28.2. The molecule has 1 aliphatic carbocycles. The molecule has 2 atom stereocenters. The zero-order valence-corrected chi connectivity index (χ0v) is 14.6. The Labute approximate surface area is 146 Å². The first-order valence-electron chi connectivity index (χ1n) is 8.72. The maximum Gasteiger partial charge on any atom is 0.322 e. The van der Waals surface area contributed by atoms with Crippen LogP contribution in [0.2, 0.25) is 5.02 Å². The van der Waals surface area contributed by atoms with Crippen LogP contribution in [0.25, 0.3) is 0 Å². The number of fused-ring (bicyclic) bond motifs is 2. The average Bonchev–Trinajstić information content (AvgIpc) is 2.94. The van der Waals surface area contributed by atoms with Gasteiger partial charge >= 0.3 is 6.03 Å². The van der Waals surface area contributed by atoms with Crippen molar-refractivity contribution in [1.82, 2.24) is 4.90 Å². The second-order valence-corrected chi connectivity index (χ2v) is 7.68. The first kappa shape index (κ1) is 15.8. The summed E-state index contributed by atoms with van der Waals surface area (Å²) in [5, 5.41) is 3.52. The molecule has 4 aliphatic rings. The second kappa shape index (κ2) is 5.96. The summed E-state index contributed by atoms with van der Waals surface area (Å²) in [6.45, 7) is 2.94. The molecule has 5 rings (SSSR count). The van der Waals surface area contributed by atoms with Crippen LogP contribution in [0, 0.1) is 5.92 Å². The van der Waals surface area contributed by atoms with E-state index < -0.39 is 0 Å². The molecule has 0 radical (unpaired) electrons. The van der Waals surface area contributed by atoms with E-state index in [2.05, 4.69) is 12.2 Å². The van der Waals surface area contributed by atoms with Crippen molar-refractivity contribution in [2.45, 2.75) is 51.1 Å². The van der Waals surface area contributed by atoms with Gasteiger partial charge in [-0.1, -0.05) is 18.5 Å². The van der Waals surface area contributed by atoms with Crippen LogP contribution in [0.1, 0.15) is 39.0 Å². The van der Waals surface area contributed by atoms with E-state index in [1.807, 2.05) is 11.0 Å². The molecular formula is C18H22ClN3O2. The number of carbonyl (C=O) groups excluding carboxylic acids is 2. The molecule has 3 aliphatic heterocycles. The third kappa shape index (κ3) is 2.65. The quantitative estimate of drug-likeness (QED) is 0.882. The Morgan fingerprint density at radius 2 is 2.00 bits per heavy atom. The van der Waals surface area contributed by atoms with Gasteiger partial charge in [-0.15, -0.1) is 0 Å². The van der Waals surface area contributed by atoms with Gasteiger partial charge in [-0.25, -0.2) is 4.79 Å². The predicted molar refractivity (Wildman–Crippen MR) is 94.5 cm³/mol. The van der Waals surface area contributed by atoms with Crippen molar-refractivity contribution < 1.29 is 9.59 Å². The molecule has 6 heteroatoms. The monoisotopic (exact) mass is 347 g/mol. The Kier molecular flexibility index (Phi) is 3.91. The van der Waals surface area contributed by atoms with Gasteiger partial charge in [0, 0.05) is 30.7 Å². The minimum absolute atomic E-state index is 0.0378. The number of nitrogens with one attached hydrogen (secondary N) is 1. The van der Waals surface area contributed by atoms with Gasteiger partial charge in [0.25, 0.3) is 0 Å². The van der Waals surface area contributed by atoms with Gasteiger partial charge in [0.2, 0.25) is 5.91 Å². The molecule has 1 saturated carbocycles. The van der Waals surface area contributed by atoms with E-state index in [1.54, 1.807) is 17.0 Å². The summed E-state index contributed by atoms with van der Waals surface area (Å²) in [7, 11) is 0. The molecule has 0 spiro atoms. The van der Waals surface area contributed by atoms with E-state index in [9.17, 15) is 9.59 Å². The topological polar surface area (TPSA) is 52.7 Å². The lowest BCUT2D eigenvalue weighted by Crippen LogP contribution is -2.63. The molecular weight excluding hydrogens is 326 g/mol. The number of benzene rings is 1. The molecule has 0 aromatic heterocycles. The Hall–Kier alpha value is -1.75. The van der Waals surface area contributed by atoms with Crippen molar-refractivity contribution in [2.24, 2.45) is 5.92 Å². The summed E-state index contributed by atoms with van der Waals surface area (Å²) >= 11 is 6.26. The van der Waals surface area contributed by atoms with Crippen LogP contribution in [-0.2, 0) is 4.79 Å². The minimum atomic E-state index is -0.0378. The summed E-state index contributed by atoms with van der Waals surface area (Å²) in [6.07, 6.45) is 4.73. The number of carbonyl (C=O) groups is 2. The number of rotatable bonds is 2. The Morgan fingerprint density at radius 3 is 2.67 bits per heavy atom. The highest BCUT2D eigenvalue weighted by atomic mass is 35.5. The minimum Gasteiger partial charge on any atom is -0.318 e. The van der Waals surface area contributed by atoms with E-state index in [4.69, 9.17) is 11.6 Å². The molecule has 5 nitrogen and oxygen atoms in total. The standard InChI is InChI=1S/C18H22ClN3O2/c1-11-7-13-10-14(8-11)22(13)18(24)20-12-4-5-15(19)16(9-12)21-6-2-3-17(21)23/h4-5,9,11,13-14H,2-3,6-8,10H2,1H3,(H,20,24). The maximum atomic E-state index is 12.6. The summed E-state index contributed by atoms with van der Waals surface area (Å²) in [5.41, 5.74) is 1.38. The van der Waals surface area contributed by atoms with Crippen molar-refractivity contribution in [1.29, 1.82) is 0 Å². The fourth-order valence-electron chi connectivity index (χ4n) is 4.37. The van der Waals surface area contributed by atoms with Gasteiger partial charge in [-0.3, -0.25) is 4.79 Å². The number of halogens is 1. The normalized spacial score (nSPS) is 28.8. The molecule has 1 aromatic carbocycles. The van der Waals surface area contributed by atoms with Crippen molar-refractivity contribution in [2.75, 3.05) is 16.8 Å². The fraction of sp³-hybridized carbons (Fsp3) is 0.556. The number of piperidine rings is 1. The molecule has 128 valence electrons. The summed E-state index contributed by atoms with van der Waals surface area (Å²) < 4.78 is 0. The molecule has 2 unspecified atom stereocenters. The lowest BCUT2D eigenvalue weighted by atomic mass is 9.74. The van der Waals surface area contributed by atoms with E-state index in [-0.39, 0.29) is 11.9 Å². The van der Waals surface area contributed by atoms with Crippen molar-refractivity contribution in [3.05, 3.63) is 23.2 Å². The fourth-order valence-corrected chi connectivity index (χ4v) is 4.59. The van der Waals surface area contributed by atoms with Gasteiger partial charge in [0.05, 0.1) is 10.7 Å². The lowest BCUT2D eigenvalue weighted by Gasteiger charge is -2.54. The molecule has 1 N–H and O–H groups in total. The van der Waals surface area contributed by atoms with Crippen LogP contribution in [0.5, 0.6) is 0 Å². The lowest BCUT2D eigenvalue weighted by molar-refractivity contribution is -0.117. The molecule has 24 heavy (non-hydrogen) atoms. The van der Waals surface area contributed by atoms with Gasteiger partial charge in [-0.05, 0) is 49.8 Å². The van der Waals surface area contributed by atoms with E-state index in [1.165, 1.54) is 0 Å². The smallest absolute Gasteiger partial charge is 0.318 e. The van der Waals surface area contributed by atoms with Gasteiger partial charge in [0.1, 0.15) is 0 Å². The molecule has 3 amide bonds. The molecule has 3 heterocycles. The Morgan fingerprint density at radius 1 is 1.25 bits per heavy atom. The van der Waals surface area contributed by atoms with Gasteiger partial charge in [-0.2, -0.15) is 0 Å². The van der Waals surface area contributed by atoms with Crippen LogP contribution in [0.3, 0.4) is 0 Å². The molecule has 3 saturated heterocycles. The number of nitrogens with zero attached hydrogens (tertiary/aromatic N) is 2. The number of urea groups is 1. The first-order chi connectivity index (χ1) is 11.5. The Balaban J connectivity index is 1.49.